The number of aliphatic carboxylic acids is 2. The molecule has 0 heterocycles. The Morgan fingerprint density at radius 3 is 1.30 bits per heavy atom. The summed E-state index contributed by atoms with van der Waals surface area (Å²) in [6, 6.07) is 0. The summed E-state index contributed by atoms with van der Waals surface area (Å²) in [7, 11) is 0. The van der Waals surface area contributed by atoms with E-state index in [4.69, 9.17) is 10.2 Å². The first kappa shape index (κ1) is 16.2. The van der Waals surface area contributed by atoms with Gasteiger partial charge in [0.2, 0.25) is 0 Å². The summed E-state index contributed by atoms with van der Waals surface area (Å²) in [6.45, 7) is 0. The first-order valence-electron chi connectivity index (χ1n) is 2.06. The first-order chi connectivity index (χ1) is 3.63. The van der Waals surface area contributed by atoms with E-state index in [1.807, 2.05) is 0 Å². The molecule has 0 bridgehead atoms. The molecule has 0 saturated carbocycles. The van der Waals surface area contributed by atoms with Gasteiger partial charge in [0.1, 0.15) is 0 Å². The number of carboxylic acids is 2. The van der Waals surface area contributed by atoms with Crippen molar-refractivity contribution in [2.24, 2.45) is 0 Å². The number of hydrogen-bond donors (Lipinski definition) is 3. The molecule has 0 rings (SSSR count). The second-order valence-electron chi connectivity index (χ2n) is 1.29. The summed E-state index contributed by atoms with van der Waals surface area (Å²) in [6.07, 6.45) is -0.593. The molecule has 5 nitrogen and oxygen atoms in total. The number of carboxylic acid groups (broad SMARTS) is 2. The molecule has 62 valence electrons. The average molecular weight is 191 g/mol. The molecule has 6 heteroatoms. The molecule has 0 aromatic carbocycles. The van der Waals surface area contributed by atoms with Crippen molar-refractivity contribution >= 4 is 11.9 Å². The van der Waals surface area contributed by atoms with Gasteiger partial charge in [-0.2, -0.15) is 0 Å². The Bertz CT molecular complexity index is 102. The maximum Gasteiger partial charge on any atom is 0.303 e. The van der Waals surface area contributed by atoms with Gasteiger partial charge in [0, 0.05) is 17.1 Å². The van der Waals surface area contributed by atoms with E-state index in [0.29, 0.717) is 0 Å². The molecular formula is C4H9FeNO4. The van der Waals surface area contributed by atoms with Gasteiger partial charge in [0.15, 0.2) is 0 Å². The van der Waals surface area contributed by atoms with Crippen LogP contribution in [0, 0.1) is 0 Å². The van der Waals surface area contributed by atoms with E-state index in [1.165, 1.54) is 0 Å². The molecule has 0 aliphatic carbocycles. The average Bonchev–Trinajstić information content (AvgIpc) is 1.61. The van der Waals surface area contributed by atoms with Crippen molar-refractivity contribution in [3.8, 4) is 0 Å². The Labute approximate surface area is 68.5 Å². The van der Waals surface area contributed by atoms with Gasteiger partial charge in [0.25, 0.3) is 0 Å². The summed E-state index contributed by atoms with van der Waals surface area (Å²) >= 11 is 0. The van der Waals surface area contributed by atoms with Crippen LogP contribution in [0.2, 0.25) is 0 Å². The van der Waals surface area contributed by atoms with Gasteiger partial charge in [-0.3, -0.25) is 9.59 Å². The van der Waals surface area contributed by atoms with Crippen molar-refractivity contribution in [1.82, 2.24) is 6.15 Å². The van der Waals surface area contributed by atoms with Crippen LogP contribution >= 0.6 is 0 Å². The Morgan fingerprint density at radius 1 is 1.00 bits per heavy atom. The van der Waals surface area contributed by atoms with E-state index in [2.05, 4.69) is 0 Å². The van der Waals surface area contributed by atoms with Crippen LogP contribution in [0.15, 0.2) is 0 Å². The minimum absolute atomic E-state index is 0. The Balaban J connectivity index is -0.000000245. The summed E-state index contributed by atoms with van der Waals surface area (Å²) in [5.74, 6) is -2.15. The molecule has 0 radical (unpaired) electrons. The third kappa shape index (κ3) is 15.7. The van der Waals surface area contributed by atoms with E-state index >= 15 is 0 Å². The number of carbonyl (C=O) groups is 2. The maximum absolute atomic E-state index is 9.64. The fourth-order valence-corrected chi connectivity index (χ4v) is 0.214. The van der Waals surface area contributed by atoms with Crippen molar-refractivity contribution in [3.63, 3.8) is 0 Å². The van der Waals surface area contributed by atoms with Crippen LogP contribution in [-0.4, -0.2) is 22.2 Å². The van der Waals surface area contributed by atoms with Crippen molar-refractivity contribution in [2.45, 2.75) is 12.8 Å². The summed E-state index contributed by atoms with van der Waals surface area (Å²) in [5.41, 5.74) is 0. The van der Waals surface area contributed by atoms with E-state index < -0.39 is 11.9 Å². The standard InChI is InChI=1S/C4H6O4.Fe.H3N/c5-3(6)1-2-4(7)8;;/h1-2H2,(H,5,6)(H,7,8);;1H3. The molecule has 0 aliphatic heterocycles. The van der Waals surface area contributed by atoms with Gasteiger partial charge in [-0.25, -0.2) is 0 Å². The van der Waals surface area contributed by atoms with E-state index in [1.54, 1.807) is 0 Å². The smallest absolute Gasteiger partial charge is 0.303 e. The zero-order valence-corrected chi connectivity index (χ0v) is 6.29. The van der Waals surface area contributed by atoms with Crippen LogP contribution in [0.4, 0.5) is 0 Å². The van der Waals surface area contributed by atoms with Crippen LogP contribution < -0.4 is 6.15 Å². The SMILES string of the molecule is N.O=C(O)CCC(=O)O.[Fe]. The van der Waals surface area contributed by atoms with E-state index in [9.17, 15) is 9.59 Å². The molecule has 0 amide bonds. The molecule has 10 heavy (non-hydrogen) atoms. The monoisotopic (exact) mass is 191 g/mol. The second-order valence-corrected chi connectivity index (χ2v) is 1.29. The molecule has 0 atom stereocenters. The maximum atomic E-state index is 9.64. The minimum atomic E-state index is -1.08. The quantitative estimate of drug-likeness (QED) is 0.547. The van der Waals surface area contributed by atoms with Gasteiger partial charge >= 0.3 is 11.9 Å². The largest absolute Gasteiger partial charge is 0.481 e. The Hall–Kier alpha value is -0.581. The fraction of sp³-hybridized carbons (Fsp3) is 0.500. The van der Waals surface area contributed by atoms with Crippen molar-refractivity contribution < 1.29 is 36.9 Å². The summed E-state index contributed by atoms with van der Waals surface area (Å²) in [5, 5.41) is 15.8. The minimum Gasteiger partial charge on any atom is -0.481 e. The normalized spacial score (nSPS) is 6.80. The van der Waals surface area contributed by atoms with Gasteiger partial charge in [-0.1, -0.05) is 0 Å². The molecule has 0 saturated heterocycles. The number of hydrogen-bond acceptors (Lipinski definition) is 3. The molecule has 0 unspecified atom stereocenters. The Kier molecular flexibility index (Phi) is 13.6. The van der Waals surface area contributed by atoms with E-state index in [-0.39, 0.29) is 36.1 Å². The van der Waals surface area contributed by atoms with Gasteiger partial charge < -0.3 is 16.4 Å². The molecule has 0 aromatic heterocycles. The zero-order chi connectivity index (χ0) is 6.57. The third-order valence-electron chi connectivity index (χ3n) is 0.553. The predicted octanol–water partition coefficient (Wildman–Crippen LogP) is 0.0953. The van der Waals surface area contributed by atoms with Crippen molar-refractivity contribution in [2.75, 3.05) is 0 Å². The van der Waals surface area contributed by atoms with Crippen LogP contribution in [0.5, 0.6) is 0 Å². The van der Waals surface area contributed by atoms with Crippen LogP contribution in [0.3, 0.4) is 0 Å². The molecule has 0 aromatic rings. The van der Waals surface area contributed by atoms with Crippen LogP contribution in [-0.2, 0) is 26.7 Å². The number of rotatable bonds is 3. The molecule has 0 aliphatic rings. The molecular weight excluding hydrogens is 182 g/mol. The topological polar surface area (TPSA) is 110 Å². The summed E-state index contributed by atoms with van der Waals surface area (Å²) < 4.78 is 0. The first-order valence-corrected chi connectivity index (χ1v) is 2.06. The van der Waals surface area contributed by atoms with Crippen molar-refractivity contribution in [3.05, 3.63) is 0 Å². The second kappa shape index (κ2) is 8.42. The van der Waals surface area contributed by atoms with Crippen molar-refractivity contribution in [1.29, 1.82) is 0 Å². The fourth-order valence-electron chi connectivity index (χ4n) is 0.214. The third-order valence-corrected chi connectivity index (χ3v) is 0.553. The zero-order valence-electron chi connectivity index (χ0n) is 5.19. The van der Waals surface area contributed by atoms with Crippen LogP contribution in [0.1, 0.15) is 12.8 Å². The Morgan fingerprint density at radius 2 is 1.20 bits per heavy atom. The molecule has 5 N–H and O–H groups in total. The van der Waals surface area contributed by atoms with E-state index in [0.717, 1.165) is 0 Å². The van der Waals surface area contributed by atoms with Crippen LogP contribution in [0.25, 0.3) is 0 Å². The molecule has 0 spiro atoms. The van der Waals surface area contributed by atoms with Gasteiger partial charge in [-0.05, 0) is 0 Å². The molecule has 0 fully saturated rings. The van der Waals surface area contributed by atoms with Gasteiger partial charge in [-0.15, -0.1) is 0 Å². The van der Waals surface area contributed by atoms with Gasteiger partial charge in [0.05, 0.1) is 12.8 Å². The summed E-state index contributed by atoms with van der Waals surface area (Å²) in [4.78, 5) is 19.3. The predicted molar refractivity (Wildman–Crippen MR) is 29.5 cm³/mol.